The number of amides is 2. The first-order valence-corrected chi connectivity index (χ1v) is 4.29. The zero-order valence-electron chi connectivity index (χ0n) is 8.05. The summed E-state index contributed by atoms with van der Waals surface area (Å²) in [6.07, 6.45) is 1.61. The SMILES string of the molecule is CCC(N)C(C)(CC)NC(N)=O. The summed E-state index contributed by atoms with van der Waals surface area (Å²) in [4.78, 5) is 10.6. The molecular weight excluding hydrogens is 154 g/mol. The molecule has 0 radical (unpaired) electrons. The summed E-state index contributed by atoms with van der Waals surface area (Å²) in [5.74, 6) is 0. The van der Waals surface area contributed by atoms with E-state index in [9.17, 15) is 4.79 Å². The molecule has 0 saturated carbocycles. The average molecular weight is 173 g/mol. The van der Waals surface area contributed by atoms with Gasteiger partial charge in [0.15, 0.2) is 0 Å². The fourth-order valence-electron chi connectivity index (χ4n) is 1.18. The fourth-order valence-corrected chi connectivity index (χ4v) is 1.18. The summed E-state index contributed by atoms with van der Waals surface area (Å²) in [6.45, 7) is 5.87. The molecule has 0 aromatic carbocycles. The number of carbonyl (C=O) groups excluding carboxylic acids is 1. The second kappa shape index (κ2) is 4.30. The molecule has 4 heteroatoms. The van der Waals surface area contributed by atoms with Gasteiger partial charge in [0.1, 0.15) is 0 Å². The van der Waals surface area contributed by atoms with E-state index < -0.39 is 6.03 Å². The highest BCUT2D eigenvalue weighted by Gasteiger charge is 2.29. The molecular formula is C8H19N3O. The van der Waals surface area contributed by atoms with E-state index in [0.717, 1.165) is 12.8 Å². The molecule has 0 rings (SSSR count). The predicted octanol–water partition coefficient (Wildman–Crippen LogP) is 0.561. The molecule has 4 nitrogen and oxygen atoms in total. The number of rotatable bonds is 4. The molecule has 0 aliphatic carbocycles. The molecule has 5 N–H and O–H groups in total. The van der Waals surface area contributed by atoms with Gasteiger partial charge in [-0.1, -0.05) is 13.8 Å². The standard InChI is InChI=1S/C8H19N3O/c1-4-6(9)8(3,5-2)11-7(10)12/h6H,4-5,9H2,1-3H3,(H3,10,11,12). The Balaban J connectivity index is 4.32. The van der Waals surface area contributed by atoms with Gasteiger partial charge < -0.3 is 16.8 Å². The number of carbonyl (C=O) groups is 1. The minimum absolute atomic E-state index is 0.0463. The maximum Gasteiger partial charge on any atom is 0.312 e. The van der Waals surface area contributed by atoms with Crippen molar-refractivity contribution in [2.45, 2.75) is 45.2 Å². The molecule has 0 spiro atoms. The van der Waals surface area contributed by atoms with Gasteiger partial charge in [-0.25, -0.2) is 4.79 Å². The first kappa shape index (κ1) is 11.2. The van der Waals surface area contributed by atoms with Crippen molar-refractivity contribution in [1.82, 2.24) is 5.32 Å². The highest BCUT2D eigenvalue weighted by molar-refractivity contribution is 5.72. The quantitative estimate of drug-likeness (QED) is 0.580. The molecule has 2 amide bonds. The molecule has 0 aromatic heterocycles. The second-order valence-electron chi connectivity index (χ2n) is 3.28. The zero-order chi connectivity index (χ0) is 9.78. The number of hydrogen-bond donors (Lipinski definition) is 3. The van der Waals surface area contributed by atoms with Crippen LogP contribution in [0.5, 0.6) is 0 Å². The van der Waals surface area contributed by atoms with Gasteiger partial charge >= 0.3 is 6.03 Å². The number of primary amides is 1. The number of nitrogens with two attached hydrogens (primary N) is 2. The van der Waals surface area contributed by atoms with Crippen molar-refractivity contribution >= 4 is 6.03 Å². The second-order valence-corrected chi connectivity index (χ2v) is 3.28. The Morgan fingerprint density at radius 2 is 2.08 bits per heavy atom. The number of urea groups is 1. The third-order valence-electron chi connectivity index (χ3n) is 2.40. The lowest BCUT2D eigenvalue weighted by Crippen LogP contribution is -2.58. The van der Waals surface area contributed by atoms with Crippen LogP contribution in [0.1, 0.15) is 33.6 Å². The van der Waals surface area contributed by atoms with Crippen LogP contribution < -0.4 is 16.8 Å². The lowest BCUT2D eigenvalue weighted by atomic mass is 9.88. The van der Waals surface area contributed by atoms with Crippen LogP contribution in [0.3, 0.4) is 0 Å². The first-order chi connectivity index (χ1) is 5.46. The van der Waals surface area contributed by atoms with Crippen molar-refractivity contribution in [3.63, 3.8) is 0 Å². The van der Waals surface area contributed by atoms with Gasteiger partial charge in [0.2, 0.25) is 0 Å². The molecule has 72 valence electrons. The minimum atomic E-state index is -0.511. The molecule has 0 aromatic rings. The van der Waals surface area contributed by atoms with Crippen molar-refractivity contribution in [2.75, 3.05) is 0 Å². The topological polar surface area (TPSA) is 81.1 Å². The van der Waals surface area contributed by atoms with Crippen molar-refractivity contribution in [1.29, 1.82) is 0 Å². The van der Waals surface area contributed by atoms with Gasteiger partial charge in [0, 0.05) is 6.04 Å². The van der Waals surface area contributed by atoms with Gasteiger partial charge in [0.05, 0.1) is 5.54 Å². The molecule has 0 aliphatic heterocycles. The van der Waals surface area contributed by atoms with E-state index in [4.69, 9.17) is 11.5 Å². The van der Waals surface area contributed by atoms with Gasteiger partial charge in [-0.05, 0) is 19.8 Å². The Bertz CT molecular complexity index is 160. The maximum atomic E-state index is 10.6. The van der Waals surface area contributed by atoms with E-state index in [0.29, 0.717) is 0 Å². The Morgan fingerprint density at radius 3 is 2.33 bits per heavy atom. The molecule has 2 unspecified atom stereocenters. The van der Waals surface area contributed by atoms with Crippen molar-refractivity contribution in [3.8, 4) is 0 Å². The molecule has 12 heavy (non-hydrogen) atoms. The summed E-state index contributed by atoms with van der Waals surface area (Å²) >= 11 is 0. The van der Waals surface area contributed by atoms with Crippen LogP contribution in [0.15, 0.2) is 0 Å². The minimum Gasteiger partial charge on any atom is -0.352 e. The summed E-state index contributed by atoms with van der Waals surface area (Å²) < 4.78 is 0. The van der Waals surface area contributed by atoms with Crippen molar-refractivity contribution < 1.29 is 4.79 Å². The third-order valence-corrected chi connectivity index (χ3v) is 2.40. The van der Waals surface area contributed by atoms with Crippen LogP contribution in [0, 0.1) is 0 Å². The molecule has 0 saturated heterocycles. The predicted molar refractivity (Wildman–Crippen MR) is 49.7 cm³/mol. The summed E-state index contributed by atoms with van der Waals surface area (Å²) in [5, 5.41) is 2.67. The number of nitrogens with one attached hydrogen (secondary N) is 1. The Labute approximate surface area is 73.7 Å². The molecule has 0 aliphatic rings. The summed E-state index contributed by atoms with van der Waals surface area (Å²) in [5.41, 5.74) is 10.5. The van der Waals surface area contributed by atoms with Gasteiger partial charge in [-0.2, -0.15) is 0 Å². The van der Waals surface area contributed by atoms with Crippen LogP contribution in [0.2, 0.25) is 0 Å². The van der Waals surface area contributed by atoms with Crippen molar-refractivity contribution in [3.05, 3.63) is 0 Å². The lowest BCUT2D eigenvalue weighted by Gasteiger charge is -2.34. The fraction of sp³-hybridized carbons (Fsp3) is 0.875. The first-order valence-electron chi connectivity index (χ1n) is 4.29. The van der Waals surface area contributed by atoms with Gasteiger partial charge in [0.25, 0.3) is 0 Å². The smallest absolute Gasteiger partial charge is 0.312 e. The highest BCUT2D eigenvalue weighted by atomic mass is 16.2. The molecule has 2 atom stereocenters. The van der Waals surface area contributed by atoms with Crippen LogP contribution in [0.4, 0.5) is 4.79 Å². The molecule has 0 heterocycles. The Morgan fingerprint density at radius 1 is 1.58 bits per heavy atom. The van der Waals surface area contributed by atoms with E-state index >= 15 is 0 Å². The van der Waals surface area contributed by atoms with Gasteiger partial charge in [-0.15, -0.1) is 0 Å². The van der Waals surface area contributed by atoms with E-state index in [1.165, 1.54) is 0 Å². The van der Waals surface area contributed by atoms with E-state index in [2.05, 4.69) is 5.32 Å². The molecule has 0 fully saturated rings. The Kier molecular flexibility index (Phi) is 4.03. The summed E-state index contributed by atoms with van der Waals surface area (Å²) in [7, 11) is 0. The van der Waals surface area contributed by atoms with Crippen LogP contribution >= 0.6 is 0 Å². The molecule has 0 bridgehead atoms. The zero-order valence-corrected chi connectivity index (χ0v) is 8.05. The monoisotopic (exact) mass is 173 g/mol. The number of hydrogen-bond acceptors (Lipinski definition) is 2. The van der Waals surface area contributed by atoms with Crippen LogP contribution in [-0.2, 0) is 0 Å². The van der Waals surface area contributed by atoms with E-state index in [-0.39, 0.29) is 11.6 Å². The Hall–Kier alpha value is -0.770. The average Bonchev–Trinajstić information content (AvgIpc) is 2.01. The van der Waals surface area contributed by atoms with E-state index in [1.807, 2.05) is 20.8 Å². The summed E-state index contributed by atoms with van der Waals surface area (Å²) in [6, 6.07) is -0.557. The van der Waals surface area contributed by atoms with Crippen LogP contribution in [0.25, 0.3) is 0 Å². The van der Waals surface area contributed by atoms with Crippen LogP contribution in [-0.4, -0.2) is 17.6 Å². The van der Waals surface area contributed by atoms with Crippen molar-refractivity contribution in [2.24, 2.45) is 11.5 Å². The van der Waals surface area contributed by atoms with Gasteiger partial charge in [-0.3, -0.25) is 0 Å². The van der Waals surface area contributed by atoms with E-state index in [1.54, 1.807) is 0 Å². The highest BCUT2D eigenvalue weighted by Crippen LogP contribution is 2.14. The lowest BCUT2D eigenvalue weighted by molar-refractivity contribution is 0.223. The maximum absolute atomic E-state index is 10.6. The third kappa shape index (κ3) is 2.70. The normalized spacial score (nSPS) is 18.0. The largest absolute Gasteiger partial charge is 0.352 e.